The van der Waals surface area contributed by atoms with Gasteiger partial charge in [-0.25, -0.2) is 4.79 Å². The van der Waals surface area contributed by atoms with Gasteiger partial charge >= 0.3 is 12.0 Å². The summed E-state index contributed by atoms with van der Waals surface area (Å²) in [7, 11) is 1.61. The first-order chi connectivity index (χ1) is 9.90. The van der Waals surface area contributed by atoms with Crippen molar-refractivity contribution < 1.29 is 14.7 Å². The fourth-order valence-electron chi connectivity index (χ4n) is 2.06. The van der Waals surface area contributed by atoms with Gasteiger partial charge in [0.1, 0.15) is 0 Å². The highest BCUT2D eigenvalue weighted by molar-refractivity contribution is 5.75. The summed E-state index contributed by atoms with van der Waals surface area (Å²) in [4.78, 5) is 24.1. The number of carboxylic acids is 1. The number of carbonyl (C=O) groups is 2. The van der Waals surface area contributed by atoms with Gasteiger partial charge in [0.2, 0.25) is 0 Å². The highest BCUT2D eigenvalue weighted by Crippen LogP contribution is 2.21. The molecule has 1 rings (SSSR count). The van der Waals surface area contributed by atoms with Gasteiger partial charge in [0.25, 0.3) is 0 Å². The summed E-state index contributed by atoms with van der Waals surface area (Å²) in [5.74, 6) is -0.462. The van der Waals surface area contributed by atoms with Crippen LogP contribution in [-0.4, -0.2) is 35.6 Å². The molecule has 0 aliphatic heterocycles. The van der Waals surface area contributed by atoms with Crippen LogP contribution in [0.2, 0.25) is 0 Å². The van der Waals surface area contributed by atoms with Crippen LogP contribution in [0, 0.1) is 5.92 Å². The highest BCUT2D eigenvalue weighted by Gasteiger charge is 2.18. The van der Waals surface area contributed by atoms with E-state index in [0.29, 0.717) is 5.92 Å². The molecule has 0 spiro atoms. The van der Waals surface area contributed by atoms with Crippen molar-refractivity contribution in [1.29, 1.82) is 0 Å². The molecule has 21 heavy (non-hydrogen) atoms. The Morgan fingerprint density at radius 2 is 1.86 bits per heavy atom. The summed E-state index contributed by atoms with van der Waals surface area (Å²) in [5.41, 5.74) is 1.06. The van der Waals surface area contributed by atoms with Crippen molar-refractivity contribution in [2.24, 2.45) is 5.92 Å². The molecule has 0 saturated heterocycles. The van der Waals surface area contributed by atoms with Crippen LogP contribution in [0.1, 0.15) is 38.3 Å². The van der Waals surface area contributed by atoms with Gasteiger partial charge in [-0.1, -0.05) is 44.2 Å². The lowest BCUT2D eigenvalue weighted by atomic mass is 9.97. The monoisotopic (exact) mass is 292 g/mol. The van der Waals surface area contributed by atoms with Gasteiger partial charge < -0.3 is 15.3 Å². The maximum Gasteiger partial charge on any atom is 0.317 e. The zero-order chi connectivity index (χ0) is 15.8. The van der Waals surface area contributed by atoms with Crippen molar-refractivity contribution in [1.82, 2.24) is 10.2 Å². The van der Waals surface area contributed by atoms with Gasteiger partial charge in [-0.05, 0) is 17.9 Å². The van der Waals surface area contributed by atoms with Gasteiger partial charge in [-0.15, -0.1) is 0 Å². The Labute approximate surface area is 126 Å². The van der Waals surface area contributed by atoms with E-state index in [1.165, 1.54) is 4.90 Å². The molecule has 1 unspecified atom stereocenters. The molecule has 5 nitrogen and oxygen atoms in total. The van der Waals surface area contributed by atoms with Crippen molar-refractivity contribution in [3.63, 3.8) is 0 Å². The zero-order valence-corrected chi connectivity index (χ0v) is 12.9. The van der Waals surface area contributed by atoms with Crippen molar-refractivity contribution in [3.8, 4) is 0 Å². The molecular weight excluding hydrogens is 268 g/mol. The van der Waals surface area contributed by atoms with Crippen LogP contribution in [0.5, 0.6) is 0 Å². The van der Waals surface area contributed by atoms with Crippen LogP contribution in [0.25, 0.3) is 0 Å². The van der Waals surface area contributed by atoms with Crippen LogP contribution in [0.3, 0.4) is 0 Å². The summed E-state index contributed by atoms with van der Waals surface area (Å²) in [6, 6.07) is 9.51. The standard InChI is InChI=1S/C16H24N2O3/c1-12(2)11-14(13-7-5-4-6-8-13)17-16(21)18(3)10-9-15(19)20/h4-8,12,14H,9-11H2,1-3H3,(H,17,21)(H,19,20). The number of nitrogens with one attached hydrogen (secondary N) is 1. The van der Waals surface area contributed by atoms with E-state index in [1.54, 1.807) is 7.05 Å². The number of carboxylic acid groups (broad SMARTS) is 1. The molecule has 2 amide bonds. The SMILES string of the molecule is CC(C)CC(NC(=O)N(C)CCC(=O)O)c1ccccc1. The molecule has 2 N–H and O–H groups in total. The van der Waals surface area contributed by atoms with Gasteiger partial charge in [0, 0.05) is 13.6 Å². The summed E-state index contributed by atoms with van der Waals surface area (Å²) >= 11 is 0. The third-order valence-electron chi connectivity index (χ3n) is 3.21. The zero-order valence-electron chi connectivity index (χ0n) is 12.9. The van der Waals surface area contributed by atoms with Crippen molar-refractivity contribution in [2.75, 3.05) is 13.6 Å². The maximum absolute atomic E-state index is 12.1. The molecule has 5 heteroatoms. The average Bonchev–Trinajstić information content (AvgIpc) is 2.44. The second kappa shape index (κ2) is 8.29. The van der Waals surface area contributed by atoms with Gasteiger partial charge in [0.15, 0.2) is 0 Å². The highest BCUT2D eigenvalue weighted by atomic mass is 16.4. The molecule has 0 radical (unpaired) electrons. The van der Waals surface area contributed by atoms with Crippen molar-refractivity contribution in [2.45, 2.75) is 32.7 Å². The molecule has 0 aromatic heterocycles. The molecule has 0 heterocycles. The summed E-state index contributed by atoms with van der Waals surface area (Å²) in [5, 5.41) is 11.6. The lowest BCUT2D eigenvalue weighted by Gasteiger charge is -2.25. The third-order valence-corrected chi connectivity index (χ3v) is 3.21. The summed E-state index contributed by atoms with van der Waals surface area (Å²) < 4.78 is 0. The van der Waals surface area contributed by atoms with E-state index >= 15 is 0 Å². The van der Waals surface area contributed by atoms with E-state index in [0.717, 1.165) is 12.0 Å². The fraction of sp³-hybridized carbons (Fsp3) is 0.500. The molecule has 1 aromatic carbocycles. The first-order valence-electron chi connectivity index (χ1n) is 7.18. The second-order valence-electron chi connectivity index (χ2n) is 5.61. The van der Waals surface area contributed by atoms with Gasteiger partial charge in [-0.3, -0.25) is 4.79 Å². The maximum atomic E-state index is 12.1. The number of rotatable bonds is 7. The molecule has 0 fully saturated rings. The second-order valence-corrected chi connectivity index (χ2v) is 5.61. The Morgan fingerprint density at radius 3 is 2.38 bits per heavy atom. The van der Waals surface area contributed by atoms with Crippen molar-refractivity contribution in [3.05, 3.63) is 35.9 Å². The third kappa shape index (κ3) is 6.29. The Morgan fingerprint density at radius 1 is 1.24 bits per heavy atom. The molecule has 116 valence electrons. The quantitative estimate of drug-likeness (QED) is 0.812. The minimum Gasteiger partial charge on any atom is -0.481 e. The largest absolute Gasteiger partial charge is 0.481 e. The number of benzene rings is 1. The Hall–Kier alpha value is -2.04. The van der Waals surface area contributed by atoms with E-state index < -0.39 is 5.97 Å². The van der Waals surface area contributed by atoms with Crippen molar-refractivity contribution >= 4 is 12.0 Å². The minimum absolute atomic E-state index is 0.0515. The number of carbonyl (C=O) groups excluding carboxylic acids is 1. The predicted octanol–water partition coefficient (Wildman–Crippen LogP) is 2.89. The first-order valence-corrected chi connectivity index (χ1v) is 7.18. The van der Waals surface area contributed by atoms with E-state index in [1.807, 2.05) is 30.3 Å². The summed E-state index contributed by atoms with van der Waals surface area (Å²) in [6.07, 6.45) is 0.784. The molecule has 1 aromatic rings. The number of nitrogens with zero attached hydrogens (tertiary/aromatic N) is 1. The Balaban J connectivity index is 2.68. The number of aliphatic carboxylic acids is 1. The predicted molar refractivity (Wildman–Crippen MR) is 82.1 cm³/mol. The number of hydrogen-bond acceptors (Lipinski definition) is 2. The molecular formula is C16H24N2O3. The molecule has 0 aliphatic carbocycles. The van der Waals surface area contributed by atoms with Crippen LogP contribution >= 0.6 is 0 Å². The fourth-order valence-corrected chi connectivity index (χ4v) is 2.06. The van der Waals surface area contributed by atoms with E-state index in [9.17, 15) is 9.59 Å². The lowest BCUT2D eigenvalue weighted by molar-refractivity contribution is -0.137. The molecule has 0 bridgehead atoms. The minimum atomic E-state index is -0.906. The van der Waals surface area contributed by atoms with Crippen LogP contribution < -0.4 is 5.32 Å². The molecule has 1 atom stereocenters. The molecule has 0 saturated carbocycles. The molecule has 0 aliphatic rings. The van der Waals surface area contributed by atoms with Crippen LogP contribution in [-0.2, 0) is 4.79 Å². The Kier molecular flexibility index (Phi) is 6.72. The van der Waals surface area contributed by atoms with E-state index in [-0.39, 0.29) is 25.0 Å². The van der Waals surface area contributed by atoms with Gasteiger partial charge in [-0.2, -0.15) is 0 Å². The van der Waals surface area contributed by atoms with E-state index in [4.69, 9.17) is 5.11 Å². The van der Waals surface area contributed by atoms with Crippen LogP contribution in [0.15, 0.2) is 30.3 Å². The van der Waals surface area contributed by atoms with Crippen LogP contribution in [0.4, 0.5) is 4.79 Å². The van der Waals surface area contributed by atoms with E-state index in [2.05, 4.69) is 19.2 Å². The number of urea groups is 1. The number of amides is 2. The Bertz CT molecular complexity index is 460. The normalized spacial score (nSPS) is 12.0. The van der Waals surface area contributed by atoms with Gasteiger partial charge in [0.05, 0.1) is 12.5 Å². The number of hydrogen-bond donors (Lipinski definition) is 2. The lowest BCUT2D eigenvalue weighted by Crippen LogP contribution is -2.40. The summed E-state index contributed by atoms with van der Waals surface area (Å²) in [6.45, 7) is 4.41. The first kappa shape index (κ1) is 17.0. The topological polar surface area (TPSA) is 69.6 Å². The average molecular weight is 292 g/mol. The smallest absolute Gasteiger partial charge is 0.317 e.